The summed E-state index contributed by atoms with van der Waals surface area (Å²) in [7, 11) is 3.83. The Morgan fingerprint density at radius 3 is 3.06 bits per heavy atom. The van der Waals surface area contributed by atoms with Gasteiger partial charge in [0.2, 0.25) is 0 Å². The molecule has 5 heteroatoms. The number of nitrogens with one attached hydrogen (secondary N) is 1. The predicted molar refractivity (Wildman–Crippen MR) is 60.8 cm³/mol. The highest BCUT2D eigenvalue weighted by Gasteiger charge is 2.31. The van der Waals surface area contributed by atoms with Gasteiger partial charge in [-0.2, -0.15) is 5.10 Å². The molecule has 0 aromatic carbocycles. The molecule has 0 amide bonds. The molecule has 90 valence electrons. The van der Waals surface area contributed by atoms with Gasteiger partial charge in [-0.25, -0.2) is 4.39 Å². The van der Waals surface area contributed by atoms with E-state index in [0.717, 1.165) is 18.8 Å². The molecule has 0 spiro atoms. The maximum absolute atomic E-state index is 13.4. The van der Waals surface area contributed by atoms with Crippen molar-refractivity contribution in [3.05, 3.63) is 18.0 Å². The average Bonchev–Trinajstić information content (AvgIpc) is 2.77. The fourth-order valence-corrected chi connectivity index (χ4v) is 2.33. The van der Waals surface area contributed by atoms with Crippen LogP contribution in [0.5, 0.6) is 0 Å². The molecule has 1 aliphatic rings. The lowest BCUT2D eigenvalue weighted by atomic mass is 10.2. The minimum atomic E-state index is -0.688. The summed E-state index contributed by atoms with van der Waals surface area (Å²) in [5, 5.41) is 7.25. The van der Waals surface area contributed by atoms with E-state index in [2.05, 4.69) is 15.3 Å². The molecule has 0 saturated carbocycles. The number of aromatic nitrogens is 2. The van der Waals surface area contributed by atoms with E-state index in [1.54, 1.807) is 6.20 Å². The zero-order chi connectivity index (χ0) is 11.5. The standard InChI is InChI=1S/C11H19FN4/c1-13-6-11-5-9(12)7-16(11)8-10-3-4-14-15(10)2/h3-4,9,11,13H,5-8H2,1-2H3/t9-,11+/m1/s1. The Hall–Kier alpha value is -0.940. The van der Waals surface area contributed by atoms with Gasteiger partial charge in [-0.05, 0) is 19.5 Å². The van der Waals surface area contributed by atoms with Gasteiger partial charge >= 0.3 is 0 Å². The van der Waals surface area contributed by atoms with Crippen LogP contribution < -0.4 is 5.32 Å². The second kappa shape index (κ2) is 4.93. The molecule has 0 aliphatic carbocycles. The van der Waals surface area contributed by atoms with E-state index in [9.17, 15) is 4.39 Å². The van der Waals surface area contributed by atoms with Gasteiger partial charge in [0.15, 0.2) is 0 Å². The number of nitrogens with zero attached hydrogens (tertiary/aromatic N) is 3. The lowest BCUT2D eigenvalue weighted by Crippen LogP contribution is -2.36. The molecule has 2 rings (SSSR count). The summed E-state index contributed by atoms with van der Waals surface area (Å²) >= 11 is 0. The topological polar surface area (TPSA) is 33.1 Å². The monoisotopic (exact) mass is 226 g/mol. The first-order valence-electron chi connectivity index (χ1n) is 5.70. The van der Waals surface area contributed by atoms with Crippen molar-refractivity contribution in [2.45, 2.75) is 25.2 Å². The molecule has 1 aliphatic heterocycles. The molecule has 2 heterocycles. The summed E-state index contributed by atoms with van der Waals surface area (Å²) in [5.74, 6) is 0. The largest absolute Gasteiger partial charge is 0.318 e. The number of hydrogen-bond donors (Lipinski definition) is 1. The van der Waals surface area contributed by atoms with Crippen LogP contribution in [0.15, 0.2) is 12.3 Å². The fourth-order valence-electron chi connectivity index (χ4n) is 2.33. The third-order valence-electron chi connectivity index (χ3n) is 3.20. The van der Waals surface area contributed by atoms with Crippen LogP contribution >= 0.6 is 0 Å². The smallest absolute Gasteiger partial charge is 0.114 e. The molecule has 1 N–H and O–H groups in total. The van der Waals surface area contributed by atoms with Gasteiger partial charge in [0.1, 0.15) is 6.17 Å². The van der Waals surface area contributed by atoms with Gasteiger partial charge < -0.3 is 5.32 Å². The number of halogens is 1. The van der Waals surface area contributed by atoms with E-state index in [0.29, 0.717) is 19.0 Å². The molecule has 2 atom stereocenters. The first-order valence-corrected chi connectivity index (χ1v) is 5.70. The molecule has 1 aromatic rings. The summed E-state index contributed by atoms with van der Waals surface area (Å²) in [4.78, 5) is 2.19. The molecule has 16 heavy (non-hydrogen) atoms. The quantitative estimate of drug-likeness (QED) is 0.814. The summed E-state index contributed by atoms with van der Waals surface area (Å²) in [6.45, 7) is 2.17. The molecule has 1 aromatic heterocycles. The van der Waals surface area contributed by atoms with Gasteiger partial charge in [0.05, 0.1) is 5.69 Å². The van der Waals surface area contributed by atoms with Crippen molar-refractivity contribution in [3.63, 3.8) is 0 Å². The Balaban J connectivity index is 2.00. The second-order valence-electron chi connectivity index (χ2n) is 4.42. The van der Waals surface area contributed by atoms with Crippen molar-refractivity contribution < 1.29 is 4.39 Å². The van der Waals surface area contributed by atoms with Crippen molar-refractivity contribution in [2.75, 3.05) is 20.1 Å². The van der Waals surface area contributed by atoms with E-state index in [1.165, 1.54) is 0 Å². The summed E-state index contributed by atoms with van der Waals surface area (Å²) in [5.41, 5.74) is 1.13. The Kier molecular flexibility index (Phi) is 3.56. The third kappa shape index (κ3) is 2.41. The second-order valence-corrected chi connectivity index (χ2v) is 4.42. The zero-order valence-corrected chi connectivity index (χ0v) is 9.86. The molecule has 0 bridgehead atoms. The number of likely N-dealkylation sites (N-methyl/N-ethyl adjacent to an activating group) is 1. The predicted octanol–water partition coefficient (Wildman–Crippen LogP) is 0.552. The van der Waals surface area contributed by atoms with Crippen LogP contribution in [0.25, 0.3) is 0 Å². The van der Waals surface area contributed by atoms with Crippen LogP contribution in [0, 0.1) is 0 Å². The maximum atomic E-state index is 13.4. The lowest BCUT2D eigenvalue weighted by molar-refractivity contribution is 0.227. The molecule has 4 nitrogen and oxygen atoms in total. The van der Waals surface area contributed by atoms with Crippen molar-refractivity contribution in [3.8, 4) is 0 Å². The number of alkyl halides is 1. The van der Waals surface area contributed by atoms with E-state index in [1.807, 2.05) is 24.8 Å². The van der Waals surface area contributed by atoms with Crippen LogP contribution in [-0.2, 0) is 13.6 Å². The number of aryl methyl sites for hydroxylation is 1. The van der Waals surface area contributed by atoms with Crippen LogP contribution in [0.2, 0.25) is 0 Å². The highest BCUT2D eigenvalue weighted by molar-refractivity contribution is 5.01. The van der Waals surface area contributed by atoms with Crippen LogP contribution in [0.4, 0.5) is 4.39 Å². The molecule has 1 saturated heterocycles. The number of hydrogen-bond acceptors (Lipinski definition) is 3. The molecular weight excluding hydrogens is 207 g/mol. The zero-order valence-electron chi connectivity index (χ0n) is 9.86. The Bertz CT molecular complexity index is 338. The molecule has 1 fully saturated rings. The van der Waals surface area contributed by atoms with E-state index in [-0.39, 0.29) is 0 Å². The molecule has 0 unspecified atom stereocenters. The van der Waals surface area contributed by atoms with Gasteiger partial charge in [-0.3, -0.25) is 9.58 Å². The average molecular weight is 226 g/mol. The highest BCUT2D eigenvalue weighted by Crippen LogP contribution is 2.21. The van der Waals surface area contributed by atoms with Crippen molar-refractivity contribution >= 4 is 0 Å². The maximum Gasteiger partial charge on any atom is 0.114 e. The van der Waals surface area contributed by atoms with Crippen LogP contribution in [0.1, 0.15) is 12.1 Å². The van der Waals surface area contributed by atoms with E-state index in [4.69, 9.17) is 0 Å². The normalized spacial score (nSPS) is 26.4. The summed E-state index contributed by atoms with van der Waals surface area (Å²) < 4.78 is 15.2. The van der Waals surface area contributed by atoms with Gasteiger partial charge in [-0.15, -0.1) is 0 Å². The lowest BCUT2D eigenvalue weighted by Gasteiger charge is -2.23. The SMILES string of the molecule is CNC[C@@H]1C[C@@H](F)CN1Cc1ccnn1C. The Labute approximate surface area is 95.4 Å². The Morgan fingerprint density at radius 2 is 2.44 bits per heavy atom. The van der Waals surface area contributed by atoms with Gasteiger partial charge in [0.25, 0.3) is 0 Å². The fraction of sp³-hybridized carbons (Fsp3) is 0.727. The summed E-state index contributed by atoms with van der Waals surface area (Å²) in [6, 6.07) is 2.29. The van der Waals surface area contributed by atoms with Crippen molar-refractivity contribution in [2.24, 2.45) is 7.05 Å². The molecule has 0 radical (unpaired) electrons. The van der Waals surface area contributed by atoms with Crippen LogP contribution in [0.3, 0.4) is 0 Å². The van der Waals surface area contributed by atoms with Crippen LogP contribution in [-0.4, -0.2) is 47.0 Å². The first-order chi connectivity index (χ1) is 7.70. The highest BCUT2D eigenvalue weighted by atomic mass is 19.1. The van der Waals surface area contributed by atoms with Crippen molar-refractivity contribution in [1.82, 2.24) is 20.0 Å². The minimum Gasteiger partial charge on any atom is -0.318 e. The van der Waals surface area contributed by atoms with Crippen molar-refractivity contribution in [1.29, 1.82) is 0 Å². The minimum absolute atomic E-state index is 0.301. The van der Waals surface area contributed by atoms with E-state index >= 15 is 0 Å². The third-order valence-corrected chi connectivity index (χ3v) is 3.20. The number of likely N-dealkylation sites (tertiary alicyclic amines) is 1. The molecular formula is C11H19FN4. The number of rotatable bonds is 4. The summed E-state index contributed by atoms with van der Waals surface area (Å²) in [6.07, 6.45) is 1.73. The van der Waals surface area contributed by atoms with Gasteiger partial charge in [-0.1, -0.05) is 0 Å². The van der Waals surface area contributed by atoms with E-state index < -0.39 is 6.17 Å². The first kappa shape index (κ1) is 11.5. The van der Waals surface area contributed by atoms with Gasteiger partial charge in [0, 0.05) is 38.9 Å². The Morgan fingerprint density at radius 1 is 1.62 bits per heavy atom.